The number of esters is 1. The van der Waals surface area contributed by atoms with Crippen LogP contribution in [0.5, 0.6) is 0 Å². The summed E-state index contributed by atoms with van der Waals surface area (Å²) >= 11 is 0. The highest BCUT2D eigenvalue weighted by Crippen LogP contribution is 2.30. The van der Waals surface area contributed by atoms with Crippen LogP contribution < -0.4 is 0 Å². The van der Waals surface area contributed by atoms with Crippen molar-refractivity contribution in [2.24, 2.45) is 0 Å². The van der Waals surface area contributed by atoms with Crippen molar-refractivity contribution in [2.45, 2.75) is 38.5 Å². The van der Waals surface area contributed by atoms with Crippen molar-refractivity contribution in [3.63, 3.8) is 0 Å². The summed E-state index contributed by atoms with van der Waals surface area (Å²) in [5, 5.41) is 0. The second-order valence-corrected chi connectivity index (χ2v) is 5.66. The van der Waals surface area contributed by atoms with E-state index in [0.29, 0.717) is 12.8 Å². The number of rotatable bonds is 5. The quantitative estimate of drug-likeness (QED) is 0.612. The van der Waals surface area contributed by atoms with Crippen molar-refractivity contribution < 1.29 is 23.9 Å². The smallest absolute Gasteiger partial charge is 0.411 e. The van der Waals surface area contributed by atoms with Crippen LogP contribution in [0.25, 0.3) is 0 Å². The van der Waals surface area contributed by atoms with E-state index in [1.54, 1.807) is 0 Å². The van der Waals surface area contributed by atoms with Crippen LogP contribution in [-0.2, 0) is 25.7 Å². The third-order valence-electron chi connectivity index (χ3n) is 4.13. The molecule has 2 atom stereocenters. The average molecular weight is 331 g/mol. The SMILES string of the molecule is C=C(C(C)=O)[C@@H]1CC[C@@H](C(=O)OC)N1C(=O)OCc1ccccc1. The van der Waals surface area contributed by atoms with Crippen molar-refractivity contribution in [2.75, 3.05) is 7.11 Å². The summed E-state index contributed by atoms with van der Waals surface area (Å²) in [5.41, 5.74) is 1.12. The third-order valence-corrected chi connectivity index (χ3v) is 4.13. The first kappa shape index (κ1) is 17.7. The molecule has 1 aliphatic rings. The second-order valence-electron chi connectivity index (χ2n) is 5.66. The highest BCUT2D eigenvalue weighted by molar-refractivity contribution is 5.95. The number of benzene rings is 1. The predicted octanol–water partition coefficient (Wildman–Crippen LogP) is 2.47. The number of amides is 1. The summed E-state index contributed by atoms with van der Waals surface area (Å²) in [4.78, 5) is 37.4. The maximum absolute atomic E-state index is 12.5. The molecule has 0 spiro atoms. The van der Waals surface area contributed by atoms with Gasteiger partial charge in [0.05, 0.1) is 13.2 Å². The first-order valence-electron chi connectivity index (χ1n) is 7.72. The molecular weight excluding hydrogens is 310 g/mol. The molecule has 6 nitrogen and oxygen atoms in total. The van der Waals surface area contributed by atoms with Crippen molar-refractivity contribution in [1.29, 1.82) is 0 Å². The number of hydrogen-bond donors (Lipinski definition) is 0. The Morgan fingerprint density at radius 1 is 1.17 bits per heavy atom. The Morgan fingerprint density at radius 2 is 1.79 bits per heavy atom. The molecule has 0 aromatic heterocycles. The zero-order valence-electron chi connectivity index (χ0n) is 13.9. The molecule has 1 saturated heterocycles. The molecule has 2 rings (SSSR count). The van der Waals surface area contributed by atoms with Gasteiger partial charge in [-0.1, -0.05) is 36.9 Å². The van der Waals surface area contributed by atoms with Gasteiger partial charge >= 0.3 is 12.1 Å². The molecule has 6 heteroatoms. The molecule has 24 heavy (non-hydrogen) atoms. The van der Waals surface area contributed by atoms with E-state index in [2.05, 4.69) is 6.58 Å². The van der Waals surface area contributed by atoms with Crippen molar-refractivity contribution in [3.05, 3.63) is 48.0 Å². The molecule has 0 unspecified atom stereocenters. The molecule has 128 valence electrons. The zero-order valence-corrected chi connectivity index (χ0v) is 13.9. The maximum atomic E-state index is 12.5. The number of methoxy groups -OCH3 is 1. The predicted molar refractivity (Wildman–Crippen MR) is 87.1 cm³/mol. The summed E-state index contributed by atoms with van der Waals surface area (Å²) in [7, 11) is 1.27. The molecule has 0 aliphatic carbocycles. The lowest BCUT2D eigenvalue weighted by Crippen LogP contribution is -2.46. The number of hydrogen-bond acceptors (Lipinski definition) is 5. The van der Waals surface area contributed by atoms with E-state index in [9.17, 15) is 14.4 Å². The molecule has 1 aromatic rings. The van der Waals surface area contributed by atoms with E-state index >= 15 is 0 Å². The summed E-state index contributed by atoms with van der Waals surface area (Å²) < 4.78 is 10.1. The Kier molecular flexibility index (Phi) is 5.73. The fraction of sp³-hybridized carbons (Fsp3) is 0.389. The number of Topliss-reactive ketones (excluding diaryl/α,β-unsaturated/α-hetero) is 1. The van der Waals surface area contributed by atoms with Crippen LogP contribution in [0, 0.1) is 0 Å². The first-order valence-corrected chi connectivity index (χ1v) is 7.72. The monoisotopic (exact) mass is 331 g/mol. The molecule has 1 amide bonds. The fourth-order valence-electron chi connectivity index (χ4n) is 2.80. The van der Waals surface area contributed by atoms with Crippen LogP contribution in [0.1, 0.15) is 25.3 Å². The normalized spacial score (nSPS) is 19.7. The number of nitrogens with zero attached hydrogens (tertiary/aromatic N) is 1. The Morgan fingerprint density at radius 3 is 2.38 bits per heavy atom. The summed E-state index contributed by atoms with van der Waals surface area (Å²) in [6, 6.07) is 7.91. The highest BCUT2D eigenvalue weighted by atomic mass is 16.6. The lowest BCUT2D eigenvalue weighted by atomic mass is 10.0. The minimum Gasteiger partial charge on any atom is -0.467 e. The Balaban J connectivity index is 2.15. The lowest BCUT2D eigenvalue weighted by molar-refractivity contribution is -0.145. The van der Waals surface area contributed by atoms with E-state index < -0.39 is 24.1 Å². The average Bonchev–Trinajstić information content (AvgIpc) is 3.04. The standard InChI is InChI=1S/C18H21NO5/c1-12(13(2)20)15-9-10-16(17(21)23-3)19(15)18(22)24-11-14-7-5-4-6-8-14/h4-8,15-16H,1,9-11H2,2-3H3/t15-,16-/m0/s1. The number of carbonyl (C=O) groups excluding carboxylic acids is 3. The number of ether oxygens (including phenoxy) is 2. The van der Waals surface area contributed by atoms with Gasteiger partial charge < -0.3 is 9.47 Å². The topological polar surface area (TPSA) is 72.9 Å². The number of carbonyl (C=O) groups is 3. The van der Waals surface area contributed by atoms with Gasteiger partial charge in [0, 0.05) is 5.57 Å². The molecule has 0 bridgehead atoms. The zero-order chi connectivity index (χ0) is 17.7. The minimum atomic E-state index is -0.764. The van der Waals surface area contributed by atoms with Gasteiger partial charge in [-0.25, -0.2) is 9.59 Å². The van der Waals surface area contributed by atoms with Gasteiger partial charge in [-0.3, -0.25) is 9.69 Å². The van der Waals surface area contributed by atoms with Crippen LogP contribution in [0.3, 0.4) is 0 Å². The van der Waals surface area contributed by atoms with Gasteiger partial charge in [0.1, 0.15) is 12.6 Å². The van der Waals surface area contributed by atoms with Crippen LogP contribution in [0.15, 0.2) is 42.5 Å². The van der Waals surface area contributed by atoms with Crippen molar-refractivity contribution in [3.8, 4) is 0 Å². The molecule has 1 heterocycles. The van der Waals surface area contributed by atoms with Crippen LogP contribution in [0.2, 0.25) is 0 Å². The van der Waals surface area contributed by atoms with Gasteiger partial charge in [0.25, 0.3) is 0 Å². The van der Waals surface area contributed by atoms with E-state index in [4.69, 9.17) is 9.47 Å². The van der Waals surface area contributed by atoms with Crippen LogP contribution in [-0.4, -0.2) is 41.9 Å². The van der Waals surface area contributed by atoms with E-state index in [-0.39, 0.29) is 18.0 Å². The molecule has 1 fully saturated rings. The van der Waals surface area contributed by atoms with E-state index in [1.807, 2.05) is 30.3 Å². The maximum Gasteiger partial charge on any atom is 0.411 e. The Hall–Kier alpha value is -2.63. The molecule has 0 saturated carbocycles. The summed E-state index contributed by atoms with van der Waals surface area (Å²) in [5.74, 6) is -0.739. The van der Waals surface area contributed by atoms with E-state index in [0.717, 1.165) is 5.56 Å². The Bertz CT molecular complexity index is 640. The fourth-order valence-corrected chi connectivity index (χ4v) is 2.80. The lowest BCUT2D eigenvalue weighted by Gasteiger charge is -2.28. The number of likely N-dealkylation sites (tertiary alicyclic amines) is 1. The van der Waals surface area contributed by atoms with Gasteiger partial charge in [-0.15, -0.1) is 0 Å². The highest BCUT2D eigenvalue weighted by Gasteiger charge is 2.44. The van der Waals surface area contributed by atoms with Gasteiger partial charge in [-0.2, -0.15) is 0 Å². The largest absolute Gasteiger partial charge is 0.467 e. The van der Waals surface area contributed by atoms with Crippen molar-refractivity contribution >= 4 is 17.8 Å². The van der Waals surface area contributed by atoms with Crippen LogP contribution in [0.4, 0.5) is 4.79 Å². The number of ketones is 1. The van der Waals surface area contributed by atoms with Crippen molar-refractivity contribution in [1.82, 2.24) is 4.90 Å². The third kappa shape index (κ3) is 3.82. The van der Waals surface area contributed by atoms with Gasteiger partial charge in [-0.05, 0) is 25.3 Å². The molecule has 1 aromatic carbocycles. The summed E-state index contributed by atoms with van der Waals surface area (Å²) in [6.07, 6.45) is 0.224. The second kappa shape index (κ2) is 7.77. The minimum absolute atomic E-state index is 0.0866. The Labute approximate surface area is 141 Å². The van der Waals surface area contributed by atoms with Gasteiger partial charge in [0.2, 0.25) is 0 Å². The molecule has 1 aliphatic heterocycles. The molecule has 0 N–H and O–H groups in total. The summed E-state index contributed by atoms with van der Waals surface area (Å²) in [6.45, 7) is 5.23. The molecular formula is C18H21NO5. The van der Waals surface area contributed by atoms with Gasteiger partial charge in [0.15, 0.2) is 5.78 Å². The van der Waals surface area contributed by atoms with Crippen LogP contribution >= 0.6 is 0 Å². The van der Waals surface area contributed by atoms with E-state index in [1.165, 1.54) is 18.9 Å². The molecule has 0 radical (unpaired) electrons. The first-order chi connectivity index (χ1) is 11.5.